The lowest BCUT2D eigenvalue weighted by atomic mass is 10.1. The number of halogens is 3. The predicted molar refractivity (Wildman–Crippen MR) is 101 cm³/mol. The van der Waals surface area contributed by atoms with E-state index in [-0.39, 0.29) is 12.5 Å². The molecule has 0 aliphatic heterocycles. The number of imidazole rings is 1. The molecule has 0 bridgehead atoms. The molecule has 1 N–H and O–H groups in total. The van der Waals surface area contributed by atoms with Crippen molar-refractivity contribution < 1.29 is 9.53 Å². The van der Waals surface area contributed by atoms with Gasteiger partial charge in [0.25, 0.3) is 0 Å². The fourth-order valence-corrected chi connectivity index (χ4v) is 3.06. The summed E-state index contributed by atoms with van der Waals surface area (Å²) in [6, 6.07) is 8.84. The maximum Gasteiger partial charge on any atom is 0.325 e. The average molecular weight is 399 g/mol. The molecule has 0 amide bonds. The van der Waals surface area contributed by atoms with Crippen LogP contribution in [0.5, 0.6) is 0 Å². The Kier molecular flexibility index (Phi) is 5.37. The van der Waals surface area contributed by atoms with Crippen LogP contribution in [0.2, 0.25) is 15.1 Å². The number of rotatable bonds is 5. The van der Waals surface area contributed by atoms with Crippen molar-refractivity contribution >= 4 is 52.2 Å². The standard InChI is InChI=1S/C17H14Cl3N3O2/c1-2-25-14(24)8-21-17-15(10-3-5-11(18)6-4-10)22-16-13(20)7-12(19)9-23(16)17/h3-7,9,21H,2,8H2,1H3. The highest BCUT2D eigenvalue weighted by molar-refractivity contribution is 6.36. The van der Waals surface area contributed by atoms with E-state index in [1.54, 1.807) is 35.7 Å². The number of carbonyl (C=O) groups excluding carboxylic acids is 1. The predicted octanol–water partition coefficient (Wildman–Crippen LogP) is 4.94. The normalized spacial score (nSPS) is 10.9. The van der Waals surface area contributed by atoms with Gasteiger partial charge in [-0.25, -0.2) is 4.98 Å². The minimum Gasteiger partial charge on any atom is -0.465 e. The smallest absolute Gasteiger partial charge is 0.325 e. The van der Waals surface area contributed by atoms with Crippen molar-refractivity contribution in [2.75, 3.05) is 18.5 Å². The van der Waals surface area contributed by atoms with Crippen LogP contribution in [-0.2, 0) is 9.53 Å². The number of aromatic nitrogens is 2. The lowest BCUT2D eigenvalue weighted by Crippen LogP contribution is -2.17. The van der Waals surface area contributed by atoms with Gasteiger partial charge in [-0.05, 0) is 25.1 Å². The molecule has 0 fully saturated rings. The molecule has 0 unspecified atom stereocenters. The van der Waals surface area contributed by atoms with E-state index in [1.165, 1.54) is 0 Å². The number of fused-ring (bicyclic) bond motifs is 1. The topological polar surface area (TPSA) is 55.6 Å². The second-order valence-electron chi connectivity index (χ2n) is 5.17. The number of nitrogens with one attached hydrogen (secondary N) is 1. The first kappa shape index (κ1) is 17.9. The first-order valence-corrected chi connectivity index (χ1v) is 8.65. The van der Waals surface area contributed by atoms with Crippen molar-refractivity contribution in [1.29, 1.82) is 0 Å². The number of carbonyl (C=O) groups is 1. The minimum absolute atomic E-state index is 0.00758. The Morgan fingerprint density at radius 1 is 1.20 bits per heavy atom. The van der Waals surface area contributed by atoms with E-state index in [0.29, 0.717) is 38.8 Å². The molecule has 0 spiro atoms. The third-order valence-electron chi connectivity index (χ3n) is 3.46. The molecule has 0 atom stereocenters. The summed E-state index contributed by atoms with van der Waals surface area (Å²) in [6.07, 6.45) is 1.68. The first-order chi connectivity index (χ1) is 12.0. The highest BCUT2D eigenvalue weighted by atomic mass is 35.5. The molecular weight excluding hydrogens is 385 g/mol. The van der Waals surface area contributed by atoms with Crippen molar-refractivity contribution in [1.82, 2.24) is 9.38 Å². The van der Waals surface area contributed by atoms with Gasteiger partial charge < -0.3 is 10.1 Å². The second-order valence-corrected chi connectivity index (χ2v) is 6.45. The summed E-state index contributed by atoms with van der Waals surface area (Å²) in [6.45, 7) is 2.06. The van der Waals surface area contributed by atoms with Crippen LogP contribution < -0.4 is 5.32 Å². The van der Waals surface area contributed by atoms with Crippen LogP contribution in [0.3, 0.4) is 0 Å². The SMILES string of the molecule is CCOC(=O)CNc1c(-c2ccc(Cl)cc2)nc2c(Cl)cc(Cl)cn12. The zero-order chi connectivity index (χ0) is 18.0. The van der Waals surface area contributed by atoms with E-state index in [4.69, 9.17) is 39.5 Å². The van der Waals surface area contributed by atoms with Gasteiger partial charge >= 0.3 is 5.97 Å². The molecule has 8 heteroatoms. The monoisotopic (exact) mass is 397 g/mol. The highest BCUT2D eigenvalue weighted by Crippen LogP contribution is 2.33. The highest BCUT2D eigenvalue weighted by Gasteiger charge is 2.17. The molecule has 0 saturated heterocycles. The number of anilines is 1. The average Bonchev–Trinajstić information content (AvgIpc) is 2.93. The lowest BCUT2D eigenvalue weighted by molar-refractivity contribution is -0.140. The number of esters is 1. The van der Waals surface area contributed by atoms with Crippen LogP contribution in [0, 0.1) is 0 Å². The Labute approximate surface area is 159 Å². The van der Waals surface area contributed by atoms with Gasteiger partial charge in [0.05, 0.1) is 16.7 Å². The Bertz CT molecular complexity index is 923. The van der Waals surface area contributed by atoms with Gasteiger partial charge in [0, 0.05) is 16.8 Å². The van der Waals surface area contributed by atoms with Gasteiger partial charge in [-0.3, -0.25) is 9.20 Å². The number of benzene rings is 1. The zero-order valence-electron chi connectivity index (χ0n) is 13.2. The Morgan fingerprint density at radius 3 is 2.60 bits per heavy atom. The molecular formula is C17H14Cl3N3O2. The van der Waals surface area contributed by atoms with Crippen LogP contribution in [0.4, 0.5) is 5.82 Å². The van der Waals surface area contributed by atoms with Crippen LogP contribution in [0.15, 0.2) is 36.5 Å². The summed E-state index contributed by atoms with van der Waals surface area (Å²) in [7, 11) is 0. The molecule has 2 aromatic heterocycles. The Morgan fingerprint density at radius 2 is 1.92 bits per heavy atom. The van der Waals surface area contributed by atoms with E-state index in [2.05, 4.69) is 10.3 Å². The third-order valence-corrected chi connectivity index (χ3v) is 4.20. The minimum atomic E-state index is -0.368. The molecule has 25 heavy (non-hydrogen) atoms. The Hall–Kier alpha value is -1.95. The van der Waals surface area contributed by atoms with E-state index in [1.807, 2.05) is 12.1 Å². The van der Waals surface area contributed by atoms with E-state index in [0.717, 1.165) is 5.56 Å². The van der Waals surface area contributed by atoms with Gasteiger partial charge in [-0.2, -0.15) is 0 Å². The zero-order valence-corrected chi connectivity index (χ0v) is 15.5. The van der Waals surface area contributed by atoms with E-state index in [9.17, 15) is 4.79 Å². The molecule has 0 radical (unpaired) electrons. The van der Waals surface area contributed by atoms with Crippen LogP contribution in [0.1, 0.15) is 6.92 Å². The summed E-state index contributed by atoms with van der Waals surface area (Å²) in [4.78, 5) is 16.3. The van der Waals surface area contributed by atoms with E-state index >= 15 is 0 Å². The molecule has 5 nitrogen and oxygen atoms in total. The Balaban J connectivity index is 2.10. The third kappa shape index (κ3) is 3.84. The number of ether oxygens (including phenoxy) is 1. The van der Waals surface area contributed by atoms with Gasteiger partial charge in [0.15, 0.2) is 5.65 Å². The fourth-order valence-electron chi connectivity index (χ4n) is 2.42. The summed E-state index contributed by atoms with van der Waals surface area (Å²) >= 11 is 18.3. The largest absolute Gasteiger partial charge is 0.465 e. The molecule has 2 heterocycles. The van der Waals surface area contributed by atoms with Crippen molar-refractivity contribution in [2.45, 2.75) is 6.92 Å². The molecule has 130 valence electrons. The van der Waals surface area contributed by atoms with Crippen LogP contribution >= 0.6 is 34.8 Å². The van der Waals surface area contributed by atoms with Crippen molar-refractivity contribution in [2.24, 2.45) is 0 Å². The maximum absolute atomic E-state index is 11.7. The summed E-state index contributed by atoms with van der Waals surface area (Å²) in [5.74, 6) is 0.224. The summed E-state index contributed by atoms with van der Waals surface area (Å²) in [5.41, 5.74) is 1.99. The summed E-state index contributed by atoms with van der Waals surface area (Å²) in [5, 5.41) is 4.55. The van der Waals surface area contributed by atoms with Crippen molar-refractivity contribution in [3.63, 3.8) is 0 Å². The number of pyridine rings is 1. The van der Waals surface area contributed by atoms with Crippen LogP contribution in [-0.4, -0.2) is 28.5 Å². The molecule has 0 saturated carbocycles. The lowest BCUT2D eigenvalue weighted by Gasteiger charge is -2.09. The first-order valence-electron chi connectivity index (χ1n) is 7.52. The van der Waals surface area contributed by atoms with Gasteiger partial charge in [-0.1, -0.05) is 46.9 Å². The van der Waals surface area contributed by atoms with Crippen molar-refractivity contribution in [3.8, 4) is 11.3 Å². The van der Waals surface area contributed by atoms with Crippen molar-refractivity contribution in [3.05, 3.63) is 51.6 Å². The van der Waals surface area contributed by atoms with E-state index < -0.39 is 0 Å². The number of hydrogen-bond donors (Lipinski definition) is 1. The second kappa shape index (κ2) is 7.52. The van der Waals surface area contributed by atoms with Gasteiger partial charge in [0.1, 0.15) is 18.1 Å². The number of hydrogen-bond acceptors (Lipinski definition) is 4. The quantitative estimate of drug-likeness (QED) is 0.619. The van der Waals surface area contributed by atoms with Crippen LogP contribution in [0.25, 0.3) is 16.9 Å². The molecule has 0 aliphatic rings. The fraction of sp³-hybridized carbons (Fsp3) is 0.176. The van der Waals surface area contributed by atoms with Gasteiger partial charge in [0.2, 0.25) is 0 Å². The molecule has 1 aromatic carbocycles. The molecule has 3 rings (SSSR count). The summed E-state index contributed by atoms with van der Waals surface area (Å²) < 4.78 is 6.68. The maximum atomic E-state index is 11.7. The number of nitrogens with zero attached hydrogens (tertiary/aromatic N) is 2. The molecule has 0 aliphatic carbocycles. The molecule has 3 aromatic rings. The van der Waals surface area contributed by atoms with Gasteiger partial charge in [-0.15, -0.1) is 0 Å².